The van der Waals surface area contributed by atoms with Crippen molar-refractivity contribution in [3.63, 3.8) is 0 Å². The Morgan fingerprint density at radius 2 is 1.76 bits per heavy atom. The summed E-state index contributed by atoms with van der Waals surface area (Å²) in [6, 6.07) is 11.3. The first-order valence-corrected chi connectivity index (χ1v) is 7.77. The van der Waals surface area contributed by atoms with Crippen LogP contribution in [0.15, 0.2) is 48.5 Å². The average Bonchev–Trinajstić information content (AvgIpc) is 2.57. The molecule has 0 spiro atoms. The highest BCUT2D eigenvalue weighted by molar-refractivity contribution is 5.89. The van der Waals surface area contributed by atoms with Gasteiger partial charge in [-0.25, -0.2) is 8.78 Å². The van der Waals surface area contributed by atoms with Gasteiger partial charge in [0, 0.05) is 6.42 Å². The quantitative estimate of drug-likeness (QED) is 0.839. The fraction of sp³-hybridized carbons (Fsp3) is 0.263. The topological polar surface area (TPSA) is 66.4 Å². The molecule has 0 radical (unpaired) electrons. The maximum absolute atomic E-state index is 13.3. The van der Waals surface area contributed by atoms with E-state index in [9.17, 15) is 23.5 Å². The van der Waals surface area contributed by atoms with Gasteiger partial charge in [-0.15, -0.1) is 0 Å². The van der Waals surface area contributed by atoms with E-state index in [1.807, 2.05) is 0 Å². The number of aliphatic carboxylic acids is 1. The SMILES string of the molecule is C[C@H](NC(=O)C[C@@](C)(C(=O)O)c1ccccc1)c1ccc(F)c(F)c1. The van der Waals surface area contributed by atoms with Crippen molar-refractivity contribution in [3.8, 4) is 0 Å². The van der Waals surface area contributed by atoms with E-state index >= 15 is 0 Å². The zero-order valence-corrected chi connectivity index (χ0v) is 13.9. The summed E-state index contributed by atoms with van der Waals surface area (Å²) in [6.45, 7) is 3.09. The van der Waals surface area contributed by atoms with Crippen LogP contribution in [0.25, 0.3) is 0 Å². The summed E-state index contributed by atoms with van der Waals surface area (Å²) in [4.78, 5) is 24.1. The molecule has 25 heavy (non-hydrogen) atoms. The number of rotatable bonds is 6. The molecule has 4 nitrogen and oxygen atoms in total. The molecule has 0 aliphatic heterocycles. The third-order valence-corrected chi connectivity index (χ3v) is 4.22. The number of carboxylic acid groups (broad SMARTS) is 1. The number of carboxylic acids is 1. The molecule has 132 valence electrons. The van der Waals surface area contributed by atoms with Crippen LogP contribution >= 0.6 is 0 Å². The molecule has 1 amide bonds. The Bertz CT molecular complexity index is 779. The molecule has 2 aromatic carbocycles. The zero-order chi connectivity index (χ0) is 18.6. The summed E-state index contributed by atoms with van der Waals surface area (Å²) < 4.78 is 26.3. The highest BCUT2D eigenvalue weighted by Crippen LogP contribution is 2.28. The number of carbonyl (C=O) groups excluding carboxylic acids is 1. The Morgan fingerprint density at radius 1 is 1.12 bits per heavy atom. The lowest BCUT2D eigenvalue weighted by Crippen LogP contribution is -2.39. The van der Waals surface area contributed by atoms with Gasteiger partial charge in [0.15, 0.2) is 11.6 Å². The van der Waals surface area contributed by atoms with Crippen LogP contribution in [0, 0.1) is 11.6 Å². The lowest BCUT2D eigenvalue weighted by molar-refractivity contribution is -0.145. The van der Waals surface area contributed by atoms with Gasteiger partial charge in [0.25, 0.3) is 0 Å². The number of halogens is 2. The molecule has 0 heterocycles. The predicted molar refractivity (Wildman–Crippen MR) is 89.0 cm³/mol. The fourth-order valence-electron chi connectivity index (χ4n) is 2.59. The fourth-order valence-corrected chi connectivity index (χ4v) is 2.59. The minimum Gasteiger partial charge on any atom is -0.481 e. The smallest absolute Gasteiger partial charge is 0.314 e. The monoisotopic (exact) mass is 347 g/mol. The van der Waals surface area contributed by atoms with Crippen molar-refractivity contribution < 1.29 is 23.5 Å². The Labute approximate surface area is 144 Å². The number of carbonyl (C=O) groups is 2. The molecule has 0 unspecified atom stereocenters. The summed E-state index contributed by atoms with van der Waals surface area (Å²) in [5.74, 6) is -3.58. The van der Waals surface area contributed by atoms with E-state index in [4.69, 9.17) is 0 Å². The van der Waals surface area contributed by atoms with Crippen LogP contribution in [0.3, 0.4) is 0 Å². The summed E-state index contributed by atoms with van der Waals surface area (Å²) in [6.07, 6.45) is -0.277. The maximum Gasteiger partial charge on any atom is 0.314 e. The molecular weight excluding hydrogens is 328 g/mol. The molecule has 6 heteroatoms. The van der Waals surface area contributed by atoms with Gasteiger partial charge in [-0.05, 0) is 37.1 Å². The van der Waals surface area contributed by atoms with Crippen LogP contribution in [0.4, 0.5) is 8.78 Å². The summed E-state index contributed by atoms with van der Waals surface area (Å²) in [5, 5.41) is 12.2. The molecule has 2 N–H and O–H groups in total. The highest BCUT2D eigenvalue weighted by Gasteiger charge is 2.37. The number of hydrogen-bond acceptors (Lipinski definition) is 2. The lowest BCUT2D eigenvalue weighted by atomic mass is 9.79. The van der Waals surface area contributed by atoms with Crippen LogP contribution in [-0.4, -0.2) is 17.0 Å². The highest BCUT2D eigenvalue weighted by atomic mass is 19.2. The lowest BCUT2D eigenvalue weighted by Gasteiger charge is -2.26. The first-order chi connectivity index (χ1) is 11.7. The molecule has 2 atom stereocenters. The van der Waals surface area contributed by atoms with Crippen LogP contribution in [0.1, 0.15) is 37.4 Å². The first kappa shape index (κ1) is 18.6. The van der Waals surface area contributed by atoms with Crippen molar-refractivity contribution >= 4 is 11.9 Å². The second kappa shape index (κ2) is 7.42. The first-order valence-electron chi connectivity index (χ1n) is 7.77. The van der Waals surface area contributed by atoms with Gasteiger partial charge >= 0.3 is 5.97 Å². The van der Waals surface area contributed by atoms with Gasteiger partial charge in [-0.2, -0.15) is 0 Å². The second-order valence-electron chi connectivity index (χ2n) is 6.14. The van der Waals surface area contributed by atoms with Crippen LogP contribution in [-0.2, 0) is 15.0 Å². The zero-order valence-electron chi connectivity index (χ0n) is 13.9. The molecule has 2 rings (SSSR count). The van der Waals surface area contributed by atoms with Crippen molar-refractivity contribution in [2.24, 2.45) is 0 Å². The van der Waals surface area contributed by atoms with Gasteiger partial charge in [0.05, 0.1) is 11.5 Å². The molecule has 2 aromatic rings. The van der Waals surface area contributed by atoms with E-state index in [0.29, 0.717) is 11.1 Å². The van der Waals surface area contributed by atoms with Gasteiger partial charge in [0.2, 0.25) is 5.91 Å². The Balaban J connectivity index is 2.14. The minimum absolute atomic E-state index is 0.277. The predicted octanol–water partition coefficient (Wildman–Crippen LogP) is 3.57. The largest absolute Gasteiger partial charge is 0.481 e. The van der Waals surface area contributed by atoms with E-state index in [1.165, 1.54) is 13.0 Å². The van der Waals surface area contributed by atoms with Crippen LogP contribution in [0.5, 0.6) is 0 Å². The molecule has 0 fully saturated rings. The van der Waals surface area contributed by atoms with Gasteiger partial charge in [-0.1, -0.05) is 36.4 Å². The standard InChI is InChI=1S/C19H19F2NO3/c1-12(13-8-9-15(20)16(21)10-13)22-17(23)11-19(2,18(24)25)14-6-4-3-5-7-14/h3-10,12H,11H2,1-2H3,(H,22,23)(H,24,25)/t12-,19+/m0/s1. The number of amides is 1. The van der Waals surface area contributed by atoms with Gasteiger partial charge in [0.1, 0.15) is 0 Å². The third-order valence-electron chi connectivity index (χ3n) is 4.22. The van der Waals surface area contributed by atoms with E-state index < -0.39 is 35.0 Å². The van der Waals surface area contributed by atoms with Crippen LogP contribution < -0.4 is 5.32 Å². The molecule has 0 saturated heterocycles. The van der Waals surface area contributed by atoms with Crippen molar-refractivity contribution in [2.75, 3.05) is 0 Å². The van der Waals surface area contributed by atoms with Gasteiger partial charge < -0.3 is 10.4 Å². The summed E-state index contributed by atoms with van der Waals surface area (Å²) >= 11 is 0. The number of hydrogen-bond donors (Lipinski definition) is 2. The van der Waals surface area contributed by atoms with Crippen molar-refractivity contribution in [1.82, 2.24) is 5.32 Å². The second-order valence-corrected chi connectivity index (χ2v) is 6.14. The molecule has 0 saturated carbocycles. The van der Waals surface area contributed by atoms with Crippen molar-refractivity contribution in [1.29, 1.82) is 0 Å². The normalized spacial score (nSPS) is 14.4. The molecular formula is C19H19F2NO3. The summed E-state index contributed by atoms with van der Waals surface area (Å²) in [5.41, 5.74) is -0.485. The van der Waals surface area contributed by atoms with E-state index in [1.54, 1.807) is 37.3 Å². The molecule has 0 aliphatic rings. The number of benzene rings is 2. The summed E-state index contributed by atoms with van der Waals surface area (Å²) in [7, 11) is 0. The minimum atomic E-state index is -1.39. The van der Waals surface area contributed by atoms with Crippen molar-refractivity contribution in [2.45, 2.75) is 31.7 Å². The number of nitrogens with one attached hydrogen (secondary N) is 1. The third kappa shape index (κ3) is 4.21. The molecule has 0 bridgehead atoms. The molecule has 0 aromatic heterocycles. The van der Waals surface area contributed by atoms with Gasteiger partial charge in [-0.3, -0.25) is 9.59 Å². The van der Waals surface area contributed by atoms with E-state index in [2.05, 4.69) is 5.32 Å². The Kier molecular flexibility index (Phi) is 5.51. The Hall–Kier alpha value is -2.76. The van der Waals surface area contributed by atoms with Crippen molar-refractivity contribution in [3.05, 3.63) is 71.3 Å². The van der Waals surface area contributed by atoms with E-state index in [-0.39, 0.29) is 6.42 Å². The van der Waals surface area contributed by atoms with E-state index in [0.717, 1.165) is 12.1 Å². The Morgan fingerprint density at radius 3 is 2.32 bits per heavy atom. The van der Waals surface area contributed by atoms with Crippen LogP contribution in [0.2, 0.25) is 0 Å². The maximum atomic E-state index is 13.3. The average molecular weight is 347 g/mol. The molecule has 0 aliphatic carbocycles.